The molecule has 0 aromatic carbocycles. The van der Waals surface area contributed by atoms with Gasteiger partial charge in [0.2, 0.25) is 0 Å². The Balaban J connectivity index is 1.83. The highest BCUT2D eigenvalue weighted by Gasteiger charge is 2.05. The third-order valence-electron chi connectivity index (χ3n) is 4.64. The fourth-order valence-corrected chi connectivity index (χ4v) is 3.75. The van der Waals surface area contributed by atoms with Gasteiger partial charge in [-0.2, -0.15) is 0 Å². The van der Waals surface area contributed by atoms with Crippen LogP contribution in [-0.2, 0) is 16.0 Å². The first-order valence-corrected chi connectivity index (χ1v) is 11.9. The number of unbranched alkanes of at least 4 members (excludes halogenated alkanes) is 12. The Morgan fingerprint density at radius 3 is 2.17 bits per heavy atom. The zero-order chi connectivity index (χ0) is 21.0. The van der Waals surface area contributed by atoms with E-state index in [-0.39, 0.29) is 6.42 Å². The van der Waals surface area contributed by atoms with Crippen molar-refractivity contribution in [3.63, 3.8) is 0 Å². The van der Waals surface area contributed by atoms with Crippen LogP contribution in [0.1, 0.15) is 95.6 Å². The van der Waals surface area contributed by atoms with Gasteiger partial charge in [-0.1, -0.05) is 44.9 Å². The molecule has 0 saturated carbocycles. The molecule has 0 spiro atoms. The van der Waals surface area contributed by atoms with Gasteiger partial charge >= 0.3 is 5.97 Å². The zero-order valence-electron chi connectivity index (χ0n) is 17.6. The first-order valence-electron chi connectivity index (χ1n) is 11.0. The van der Waals surface area contributed by atoms with E-state index < -0.39 is 5.97 Å². The molecule has 0 bridgehead atoms. The second-order valence-corrected chi connectivity index (χ2v) is 8.20. The maximum atomic E-state index is 10.6. The number of nitrogens with one attached hydrogen (secondary N) is 1. The summed E-state index contributed by atoms with van der Waals surface area (Å²) in [6, 6.07) is 0. The van der Waals surface area contributed by atoms with Gasteiger partial charge in [0.1, 0.15) is 6.29 Å². The van der Waals surface area contributed by atoms with Crippen LogP contribution < -0.4 is 5.32 Å². The summed E-state index contributed by atoms with van der Waals surface area (Å²) in [6.07, 6.45) is 16.9. The lowest BCUT2D eigenvalue weighted by molar-refractivity contribution is -0.136. The highest BCUT2D eigenvalue weighted by atomic mass is 32.1. The number of hydrogen-bond acceptors (Lipinski definition) is 5. The maximum absolute atomic E-state index is 10.6. The van der Waals surface area contributed by atoms with Crippen LogP contribution in [0.3, 0.4) is 0 Å². The zero-order valence-corrected chi connectivity index (χ0v) is 18.4. The van der Waals surface area contributed by atoms with E-state index in [4.69, 9.17) is 5.11 Å². The number of thiazole rings is 1. The van der Waals surface area contributed by atoms with Gasteiger partial charge in [0, 0.05) is 31.2 Å². The van der Waals surface area contributed by atoms with Crippen molar-refractivity contribution in [2.24, 2.45) is 0 Å². The molecule has 0 aliphatic rings. The van der Waals surface area contributed by atoms with E-state index in [1.807, 2.05) is 0 Å². The van der Waals surface area contributed by atoms with Crippen molar-refractivity contribution in [2.45, 2.75) is 96.3 Å². The van der Waals surface area contributed by atoms with Crippen LogP contribution in [0.5, 0.6) is 0 Å². The van der Waals surface area contributed by atoms with E-state index in [2.05, 4.69) is 22.1 Å². The first kappa shape index (κ1) is 25.2. The van der Waals surface area contributed by atoms with Crippen molar-refractivity contribution in [3.8, 4) is 11.8 Å². The van der Waals surface area contributed by atoms with Crippen LogP contribution in [0.4, 0.5) is 5.13 Å². The predicted molar refractivity (Wildman–Crippen MR) is 120 cm³/mol. The highest BCUT2D eigenvalue weighted by Crippen LogP contribution is 2.16. The normalized spacial score (nSPS) is 10.3. The van der Waals surface area contributed by atoms with Crippen LogP contribution >= 0.6 is 11.3 Å². The van der Waals surface area contributed by atoms with Crippen molar-refractivity contribution < 1.29 is 14.7 Å². The summed E-state index contributed by atoms with van der Waals surface area (Å²) < 4.78 is 0. The number of nitrogens with zero attached hydrogens (tertiary/aromatic N) is 1. The summed E-state index contributed by atoms with van der Waals surface area (Å²) >= 11 is 1.47. The minimum atomic E-state index is -0.841. The first-order chi connectivity index (χ1) is 14.2. The van der Waals surface area contributed by atoms with Crippen LogP contribution in [-0.4, -0.2) is 28.9 Å². The minimum Gasteiger partial charge on any atom is -0.481 e. The fraction of sp³-hybridized carbons (Fsp3) is 0.696. The summed E-state index contributed by atoms with van der Waals surface area (Å²) in [7, 11) is 0. The molecule has 1 aromatic rings. The van der Waals surface area contributed by atoms with Gasteiger partial charge in [0.05, 0.1) is 12.1 Å². The Morgan fingerprint density at radius 1 is 0.966 bits per heavy atom. The number of aldehydes is 1. The van der Waals surface area contributed by atoms with E-state index in [1.165, 1.54) is 69.1 Å². The summed E-state index contributed by atoms with van der Waals surface area (Å²) in [5, 5.41) is 14.6. The second-order valence-electron chi connectivity index (χ2n) is 7.34. The number of carboxylic acid groups (broad SMARTS) is 1. The molecule has 6 heteroatoms. The third kappa shape index (κ3) is 15.7. The number of anilines is 1. The molecule has 0 aliphatic carbocycles. The van der Waals surface area contributed by atoms with E-state index in [9.17, 15) is 9.59 Å². The Kier molecular flexibility index (Phi) is 15.8. The van der Waals surface area contributed by atoms with Crippen molar-refractivity contribution in [2.75, 3.05) is 11.9 Å². The number of rotatable bonds is 18. The van der Waals surface area contributed by atoms with Gasteiger partial charge in [-0.3, -0.25) is 4.79 Å². The molecule has 1 aromatic heterocycles. The Hall–Kier alpha value is -1.87. The van der Waals surface area contributed by atoms with E-state index >= 15 is 0 Å². The van der Waals surface area contributed by atoms with Crippen molar-refractivity contribution in [3.05, 3.63) is 11.1 Å². The topological polar surface area (TPSA) is 79.3 Å². The lowest BCUT2D eigenvalue weighted by atomic mass is 10.1. The maximum Gasteiger partial charge on any atom is 0.309 e. The highest BCUT2D eigenvalue weighted by molar-refractivity contribution is 7.13. The van der Waals surface area contributed by atoms with Gasteiger partial charge in [-0.05, 0) is 25.7 Å². The molecule has 1 heterocycles. The molecule has 162 valence electrons. The number of carbonyl (C=O) groups excluding carboxylic acids is 1. The fourth-order valence-electron chi connectivity index (χ4n) is 3.01. The smallest absolute Gasteiger partial charge is 0.309 e. The third-order valence-corrected chi connectivity index (χ3v) is 5.49. The van der Waals surface area contributed by atoms with E-state index in [0.29, 0.717) is 12.1 Å². The molecule has 0 saturated heterocycles. The number of carboxylic acids is 1. The standard InChI is InChI=1S/C23H36N2O3S/c26-18-16-14-12-10-8-6-4-2-1-3-5-7-9-11-13-15-17-24-23-25-21(20-29-23)19-22(27)28/h18,20H,3-17,19H2,(H,24,25)(H,27,28). The molecule has 0 aliphatic heterocycles. The summed E-state index contributed by atoms with van der Waals surface area (Å²) in [4.78, 5) is 25.1. The number of aliphatic carboxylic acids is 1. The van der Waals surface area contributed by atoms with Crippen LogP contribution in [0.15, 0.2) is 5.38 Å². The summed E-state index contributed by atoms with van der Waals surface area (Å²) in [5.41, 5.74) is 0.624. The van der Waals surface area contributed by atoms with E-state index in [1.54, 1.807) is 5.38 Å². The summed E-state index contributed by atoms with van der Waals surface area (Å²) in [6.45, 7) is 0.891. The molecule has 0 radical (unpaired) electrons. The van der Waals surface area contributed by atoms with Crippen molar-refractivity contribution in [1.29, 1.82) is 0 Å². The molecule has 5 nitrogen and oxygen atoms in total. The minimum absolute atomic E-state index is 0.00796. The predicted octanol–water partition coefficient (Wildman–Crippen LogP) is 5.85. The largest absolute Gasteiger partial charge is 0.481 e. The van der Waals surface area contributed by atoms with Gasteiger partial charge in [-0.15, -0.1) is 23.2 Å². The lowest BCUT2D eigenvalue weighted by Crippen LogP contribution is -2.03. The molecular weight excluding hydrogens is 384 g/mol. The van der Waals surface area contributed by atoms with Crippen LogP contribution in [0.2, 0.25) is 0 Å². The summed E-state index contributed by atoms with van der Waals surface area (Å²) in [5.74, 6) is 5.73. The van der Waals surface area contributed by atoms with Crippen molar-refractivity contribution >= 4 is 28.7 Å². The molecule has 0 unspecified atom stereocenters. The average Bonchev–Trinajstić information content (AvgIpc) is 3.13. The molecule has 1 rings (SSSR count). The average molecular weight is 421 g/mol. The molecular formula is C23H36N2O3S. The lowest BCUT2D eigenvalue weighted by Gasteiger charge is -2.02. The number of hydrogen-bond donors (Lipinski definition) is 2. The van der Waals surface area contributed by atoms with Gasteiger partial charge < -0.3 is 15.2 Å². The van der Waals surface area contributed by atoms with Gasteiger partial charge in [-0.25, -0.2) is 4.98 Å². The molecule has 2 N–H and O–H groups in total. The van der Waals surface area contributed by atoms with Gasteiger partial charge in [0.25, 0.3) is 0 Å². The number of aromatic nitrogens is 1. The Bertz CT molecular complexity index is 619. The second kappa shape index (κ2) is 18.2. The van der Waals surface area contributed by atoms with E-state index in [0.717, 1.165) is 43.6 Å². The monoisotopic (exact) mass is 420 g/mol. The number of carbonyl (C=O) groups is 2. The SMILES string of the molecule is O=CCCCCCCCC#CCCCCCCCCNc1nc(CC(=O)O)cs1. The molecule has 29 heavy (non-hydrogen) atoms. The quantitative estimate of drug-likeness (QED) is 0.177. The van der Waals surface area contributed by atoms with Crippen LogP contribution in [0, 0.1) is 11.8 Å². The van der Waals surface area contributed by atoms with Crippen molar-refractivity contribution in [1.82, 2.24) is 4.98 Å². The Labute approximate surface area is 179 Å². The molecule has 0 atom stereocenters. The Morgan fingerprint density at radius 2 is 1.55 bits per heavy atom. The van der Waals surface area contributed by atoms with Crippen LogP contribution in [0.25, 0.3) is 0 Å². The van der Waals surface area contributed by atoms with Gasteiger partial charge in [0.15, 0.2) is 5.13 Å². The molecule has 0 amide bonds. The molecule has 0 fully saturated rings.